The molecule has 118 valence electrons. The van der Waals surface area contributed by atoms with Gasteiger partial charge in [0.05, 0.1) is 0 Å². The largest absolute Gasteiger partial charge is 0.481 e. The normalized spacial score (nSPS) is 10.6. The zero-order valence-corrected chi connectivity index (χ0v) is 14.0. The van der Waals surface area contributed by atoms with Crippen molar-refractivity contribution in [3.63, 3.8) is 0 Å². The molecule has 1 N–H and O–H groups in total. The first-order chi connectivity index (χ1) is 10.1. The van der Waals surface area contributed by atoms with E-state index in [0.717, 1.165) is 31.6 Å². The van der Waals surface area contributed by atoms with Gasteiger partial charge >= 0.3 is 5.97 Å². The van der Waals surface area contributed by atoms with Crippen molar-refractivity contribution in [2.45, 2.75) is 32.6 Å². The number of aryl methyl sites for hydroxylation is 2. The topological polar surface area (TPSA) is 40.5 Å². The highest BCUT2D eigenvalue weighted by molar-refractivity contribution is 6.18. The molecule has 0 radical (unpaired) electrons. The summed E-state index contributed by atoms with van der Waals surface area (Å²) < 4.78 is 0. The Morgan fingerprint density at radius 1 is 1.19 bits per heavy atom. The summed E-state index contributed by atoms with van der Waals surface area (Å²) in [6.45, 7) is 3.63. The maximum Gasteiger partial charge on any atom is 0.303 e. The van der Waals surface area contributed by atoms with Crippen LogP contribution in [0.15, 0.2) is 18.2 Å². The first-order valence-electron chi connectivity index (χ1n) is 7.26. The number of aliphatic carboxylic acids is 1. The number of halogens is 2. The number of nitrogens with zero attached hydrogens (tertiary/aromatic N) is 1. The molecule has 0 heterocycles. The lowest BCUT2D eigenvalue weighted by molar-refractivity contribution is -0.137. The van der Waals surface area contributed by atoms with E-state index in [1.807, 2.05) is 0 Å². The summed E-state index contributed by atoms with van der Waals surface area (Å²) in [6.07, 6.45) is 2.75. The van der Waals surface area contributed by atoms with Crippen LogP contribution in [0.3, 0.4) is 0 Å². The molecule has 0 fully saturated rings. The average Bonchev–Trinajstić information content (AvgIpc) is 2.45. The molecule has 0 unspecified atom stereocenters. The molecule has 3 nitrogen and oxygen atoms in total. The fraction of sp³-hybridized carbons (Fsp3) is 0.562. The lowest BCUT2D eigenvalue weighted by Gasteiger charge is -2.24. The Morgan fingerprint density at radius 3 is 2.43 bits per heavy atom. The van der Waals surface area contributed by atoms with E-state index in [1.54, 1.807) is 0 Å². The number of alkyl halides is 2. The highest BCUT2D eigenvalue weighted by Gasteiger charge is 2.08. The van der Waals surface area contributed by atoms with Crippen molar-refractivity contribution in [2.24, 2.45) is 0 Å². The minimum absolute atomic E-state index is 0.239. The zero-order chi connectivity index (χ0) is 15.7. The van der Waals surface area contributed by atoms with Gasteiger partial charge in [-0.2, -0.15) is 0 Å². The number of unbranched alkanes of at least 4 members (excludes halogenated alkanes) is 1. The number of hydrogen-bond donors (Lipinski definition) is 1. The van der Waals surface area contributed by atoms with Gasteiger partial charge in [0, 0.05) is 37.0 Å². The van der Waals surface area contributed by atoms with Crippen LogP contribution >= 0.6 is 23.2 Å². The predicted molar refractivity (Wildman–Crippen MR) is 90.0 cm³/mol. The van der Waals surface area contributed by atoms with Gasteiger partial charge in [-0.15, -0.1) is 23.2 Å². The number of carboxylic acid groups (broad SMARTS) is 1. The summed E-state index contributed by atoms with van der Waals surface area (Å²) >= 11 is 11.7. The van der Waals surface area contributed by atoms with Crippen molar-refractivity contribution < 1.29 is 9.90 Å². The average molecular weight is 332 g/mol. The van der Waals surface area contributed by atoms with E-state index in [2.05, 4.69) is 30.0 Å². The van der Waals surface area contributed by atoms with Crippen LogP contribution < -0.4 is 4.90 Å². The van der Waals surface area contributed by atoms with Crippen molar-refractivity contribution in [3.05, 3.63) is 29.3 Å². The third kappa shape index (κ3) is 6.58. The molecule has 1 rings (SSSR count). The summed E-state index contributed by atoms with van der Waals surface area (Å²) in [7, 11) is 0. The van der Waals surface area contributed by atoms with E-state index < -0.39 is 5.97 Å². The second-order valence-electron chi connectivity index (χ2n) is 5.08. The molecule has 0 saturated carbocycles. The minimum Gasteiger partial charge on any atom is -0.481 e. The number of hydrogen-bond acceptors (Lipinski definition) is 2. The Kier molecular flexibility index (Phi) is 8.55. The fourth-order valence-corrected chi connectivity index (χ4v) is 2.70. The molecule has 0 bridgehead atoms. The standard InChI is InChI=1S/C16H23Cl2NO2/c1-13-6-7-15(19(10-8-17)11-9-18)12-14(13)4-2-3-5-16(20)21/h6-7,12H,2-5,8-11H2,1H3,(H,20,21). The van der Waals surface area contributed by atoms with Crippen LogP contribution in [0.25, 0.3) is 0 Å². The van der Waals surface area contributed by atoms with Crippen LogP contribution in [-0.2, 0) is 11.2 Å². The van der Waals surface area contributed by atoms with Crippen molar-refractivity contribution in [1.29, 1.82) is 0 Å². The van der Waals surface area contributed by atoms with Crippen LogP contribution in [0.5, 0.6) is 0 Å². The van der Waals surface area contributed by atoms with Gasteiger partial charge in [0.15, 0.2) is 0 Å². The zero-order valence-electron chi connectivity index (χ0n) is 12.4. The van der Waals surface area contributed by atoms with Gasteiger partial charge in [-0.25, -0.2) is 0 Å². The molecule has 0 atom stereocenters. The first kappa shape index (κ1) is 18.1. The predicted octanol–water partition coefficient (Wildman–Crippen LogP) is 4.08. The molecule has 0 aliphatic rings. The molecule has 0 saturated heterocycles. The van der Waals surface area contributed by atoms with Crippen LogP contribution in [0, 0.1) is 6.92 Å². The van der Waals surface area contributed by atoms with E-state index >= 15 is 0 Å². The molecular formula is C16H23Cl2NO2. The molecule has 0 aliphatic carbocycles. The maximum atomic E-state index is 10.5. The van der Waals surface area contributed by atoms with Crippen LogP contribution in [-0.4, -0.2) is 35.9 Å². The molecule has 0 aromatic heterocycles. The van der Waals surface area contributed by atoms with E-state index in [0.29, 0.717) is 18.2 Å². The SMILES string of the molecule is Cc1ccc(N(CCCl)CCCl)cc1CCCCC(=O)O. The molecule has 21 heavy (non-hydrogen) atoms. The van der Waals surface area contributed by atoms with Crippen LogP contribution in [0.1, 0.15) is 30.4 Å². The van der Waals surface area contributed by atoms with Gasteiger partial charge in [-0.05, 0) is 49.4 Å². The van der Waals surface area contributed by atoms with Gasteiger partial charge in [0.1, 0.15) is 0 Å². The Bertz CT molecular complexity index is 446. The van der Waals surface area contributed by atoms with Gasteiger partial charge < -0.3 is 10.0 Å². The Labute approximate surface area is 136 Å². The summed E-state index contributed by atoms with van der Waals surface area (Å²) in [5, 5.41) is 8.67. The second-order valence-corrected chi connectivity index (χ2v) is 5.83. The third-order valence-corrected chi connectivity index (χ3v) is 3.83. The quantitative estimate of drug-likeness (QED) is 0.518. The highest BCUT2D eigenvalue weighted by Crippen LogP contribution is 2.21. The summed E-state index contributed by atoms with van der Waals surface area (Å²) in [5.74, 6) is 0.410. The Balaban J connectivity index is 2.71. The van der Waals surface area contributed by atoms with Gasteiger partial charge in [-0.3, -0.25) is 4.79 Å². The Hall–Kier alpha value is -0.930. The van der Waals surface area contributed by atoms with Crippen molar-refractivity contribution in [3.8, 4) is 0 Å². The first-order valence-corrected chi connectivity index (χ1v) is 8.33. The molecular weight excluding hydrogens is 309 g/mol. The number of carboxylic acids is 1. The minimum atomic E-state index is -0.726. The fourth-order valence-electron chi connectivity index (χ4n) is 2.29. The van der Waals surface area contributed by atoms with Gasteiger partial charge in [-0.1, -0.05) is 6.07 Å². The van der Waals surface area contributed by atoms with Gasteiger partial charge in [0.25, 0.3) is 0 Å². The Morgan fingerprint density at radius 2 is 1.86 bits per heavy atom. The second kappa shape index (κ2) is 9.91. The molecule has 1 aromatic carbocycles. The van der Waals surface area contributed by atoms with E-state index in [9.17, 15) is 4.79 Å². The lowest BCUT2D eigenvalue weighted by Crippen LogP contribution is -2.27. The summed E-state index contributed by atoms with van der Waals surface area (Å²) in [6, 6.07) is 6.38. The van der Waals surface area contributed by atoms with E-state index in [4.69, 9.17) is 28.3 Å². The van der Waals surface area contributed by atoms with Crippen LogP contribution in [0.2, 0.25) is 0 Å². The molecule has 0 amide bonds. The van der Waals surface area contributed by atoms with Crippen molar-refractivity contribution in [1.82, 2.24) is 0 Å². The number of rotatable bonds is 10. The molecule has 0 spiro atoms. The number of benzene rings is 1. The highest BCUT2D eigenvalue weighted by atomic mass is 35.5. The number of carbonyl (C=O) groups is 1. The van der Waals surface area contributed by atoms with Gasteiger partial charge in [0.2, 0.25) is 0 Å². The molecule has 1 aromatic rings. The van der Waals surface area contributed by atoms with E-state index in [1.165, 1.54) is 11.1 Å². The number of anilines is 1. The van der Waals surface area contributed by atoms with Crippen molar-refractivity contribution in [2.75, 3.05) is 29.7 Å². The monoisotopic (exact) mass is 331 g/mol. The van der Waals surface area contributed by atoms with Crippen LogP contribution in [0.4, 0.5) is 5.69 Å². The lowest BCUT2D eigenvalue weighted by atomic mass is 10.0. The van der Waals surface area contributed by atoms with Crippen molar-refractivity contribution >= 4 is 34.9 Å². The third-order valence-electron chi connectivity index (χ3n) is 3.49. The molecule has 0 aliphatic heterocycles. The summed E-state index contributed by atoms with van der Waals surface area (Å²) in [5.41, 5.74) is 3.65. The maximum absolute atomic E-state index is 10.5. The summed E-state index contributed by atoms with van der Waals surface area (Å²) in [4.78, 5) is 12.7. The smallest absolute Gasteiger partial charge is 0.303 e. The van der Waals surface area contributed by atoms with E-state index in [-0.39, 0.29) is 6.42 Å². The molecule has 5 heteroatoms.